The number of methoxy groups -OCH3 is 1. The Hall–Kier alpha value is -0.580. The summed E-state index contributed by atoms with van der Waals surface area (Å²) in [5, 5.41) is 3.74. The molecule has 0 amide bonds. The van der Waals surface area contributed by atoms with Gasteiger partial charge in [-0.05, 0) is 69.4 Å². The number of rotatable bonds is 6. The van der Waals surface area contributed by atoms with Crippen molar-refractivity contribution < 1.29 is 4.74 Å². The molecule has 1 N–H and O–H groups in total. The van der Waals surface area contributed by atoms with Gasteiger partial charge in [0.05, 0.1) is 7.11 Å². The summed E-state index contributed by atoms with van der Waals surface area (Å²) in [7, 11) is 1.75. The van der Waals surface area contributed by atoms with Gasteiger partial charge in [-0.3, -0.25) is 4.90 Å². The predicted molar refractivity (Wildman–Crippen MR) is 89.7 cm³/mol. The first-order valence-corrected chi connectivity index (χ1v) is 8.82. The highest BCUT2D eigenvalue weighted by Crippen LogP contribution is 2.28. The Balaban J connectivity index is 1.49. The maximum atomic E-state index is 5.47. The topological polar surface area (TPSA) is 24.5 Å². The molecule has 0 spiro atoms. The van der Waals surface area contributed by atoms with E-state index in [4.69, 9.17) is 4.74 Å². The fraction of sp³-hybridized carbons (Fsp3) is 0.647. The van der Waals surface area contributed by atoms with Crippen LogP contribution in [0.2, 0.25) is 0 Å². The molecule has 2 fully saturated rings. The summed E-state index contributed by atoms with van der Waals surface area (Å²) < 4.78 is 6.60. The average molecular weight is 353 g/mol. The zero-order valence-electron chi connectivity index (χ0n) is 12.8. The van der Waals surface area contributed by atoms with Gasteiger partial charge < -0.3 is 10.1 Å². The van der Waals surface area contributed by atoms with Gasteiger partial charge in [-0.1, -0.05) is 15.9 Å². The Bertz CT molecular complexity index is 468. The van der Waals surface area contributed by atoms with E-state index in [0.29, 0.717) is 0 Å². The van der Waals surface area contributed by atoms with E-state index in [1.54, 1.807) is 7.11 Å². The van der Waals surface area contributed by atoms with Gasteiger partial charge in [0, 0.05) is 22.6 Å². The lowest BCUT2D eigenvalue weighted by Gasteiger charge is -2.32. The first-order valence-electron chi connectivity index (χ1n) is 8.03. The number of piperidine rings is 1. The molecule has 21 heavy (non-hydrogen) atoms. The highest BCUT2D eigenvalue weighted by molar-refractivity contribution is 9.10. The molecule has 1 aromatic rings. The van der Waals surface area contributed by atoms with E-state index in [2.05, 4.69) is 32.2 Å². The van der Waals surface area contributed by atoms with Gasteiger partial charge in [0.25, 0.3) is 0 Å². The monoisotopic (exact) mass is 352 g/mol. The molecule has 1 heterocycles. The molecular weight excluding hydrogens is 328 g/mol. The molecule has 1 aliphatic carbocycles. The molecule has 1 aliphatic heterocycles. The Morgan fingerprint density at radius 1 is 1.24 bits per heavy atom. The maximum Gasteiger partial charge on any atom is 0.123 e. The summed E-state index contributed by atoms with van der Waals surface area (Å²) in [6.07, 6.45) is 5.41. The van der Waals surface area contributed by atoms with Crippen LogP contribution in [0.3, 0.4) is 0 Å². The van der Waals surface area contributed by atoms with Crippen molar-refractivity contribution in [3.63, 3.8) is 0 Å². The van der Waals surface area contributed by atoms with E-state index < -0.39 is 0 Å². The van der Waals surface area contributed by atoms with Crippen LogP contribution in [0.1, 0.15) is 31.2 Å². The summed E-state index contributed by atoms with van der Waals surface area (Å²) in [4.78, 5) is 2.54. The number of ether oxygens (including phenoxy) is 1. The lowest BCUT2D eigenvalue weighted by Crippen LogP contribution is -2.42. The fourth-order valence-corrected chi connectivity index (χ4v) is 3.47. The minimum atomic E-state index is 0.728. The second-order valence-corrected chi connectivity index (χ2v) is 7.27. The predicted octanol–water partition coefficient (Wildman–Crippen LogP) is 3.42. The van der Waals surface area contributed by atoms with Gasteiger partial charge in [-0.2, -0.15) is 0 Å². The summed E-state index contributed by atoms with van der Waals surface area (Å²) in [6, 6.07) is 6.99. The van der Waals surface area contributed by atoms with Gasteiger partial charge in [-0.15, -0.1) is 0 Å². The quantitative estimate of drug-likeness (QED) is 0.848. The highest BCUT2D eigenvalue weighted by atomic mass is 79.9. The zero-order valence-corrected chi connectivity index (χ0v) is 14.4. The first kappa shape index (κ1) is 15.3. The molecular formula is C17H25BrN2O. The molecule has 1 saturated carbocycles. The Labute approximate surface area is 136 Å². The third kappa shape index (κ3) is 4.44. The van der Waals surface area contributed by atoms with E-state index >= 15 is 0 Å². The molecule has 0 radical (unpaired) electrons. The second-order valence-electron chi connectivity index (χ2n) is 6.36. The lowest BCUT2D eigenvalue weighted by atomic mass is 10.0. The lowest BCUT2D eigenvalue weighted by molar-refractivity contribution is 0.188. The van der Waals surface area contributed by atoms with Crippen molar-refractivity contribution in [2.45, 2.75) is 38.3 Å². The summed E-state index contributed by atoms with van der Waals surface area (Å²) in [5.41, 5.74) is 1.27. The van der Waals surface area contributed by atoms with Gasteiger partial charge in [0.1, 0.15) is 5.75 Å². The number of benzene rings is 1. The van der Waals surface area contributed by atoms with Crippen molar-refractivity contribution in [1.82, 2.24) is 10.2 Å². The number of nitrogens with zero attached hydrogens (tertiary/aromatic N) is 1. The number of hydrogen-bond acceptors (Lipinski definition) is 3. The zero-order chi connectivity index (χ0) is 14.7. The van der Waals surface area contributed by atoms with Crippen LogP contribution in [0.5, 0.6) is 5.75 Å². The normalized spacial score (nSPS) is 20.7. The van der Waals surface area contributed by atoms with Crippen LogP contribution in [-0.2, 0) is 6.54 Å². The third-order valence-corrected chi connectivity index (χ3v) is 5.11. The Kier molecular flexibility index (Phi) is 5.19. The molecule has 0 unspecified atom stereocenters. The SMILES string of the molecule is COc1ccc(Br)cc1CN1CCC(NCC2CC2)CC1. The Morgan fingerprint density at radius 2 is 2.00 bits per heavy atom. The molecule has 0 bridgehead atoms. The molecule has 3 rings (SSSR count). The van der Waals surface area contributed by atoms with E-state index in [1.807, 2.05) is 12.1 Å². The minimum absolute atomic E-state index is 0.728. The van der Waals surface area contributed by atoms with E-state index in [-0.39, 0.29) is 0 Å². The third-order valence-electron chi connectivity index (χ3n) is 4.62. The standard InChI is InChI=1S/C17H25BrN2O/c1-21-17-5-4-15(18)10-14(17)12-20-8-6-16(7-9-20)19-11-13-2-3-13/h4-5,10,13,16,19H,2-3,6-9,11-12H2,1H3. The van der Waals surface area contributed by atoms with E-state index in [0.717, 1.165) is 28.7 Å². The van der Waals surface area contributed by atoms with Crippen molar-refractivity contribution in [2.24, 2.45) is 5.92 Å². The van der Waals surface area contributed by atoms with Crippen LogP contribution in [0.4, 0.5) is 0 Å². The summed E-state index contributed by atoms with van der Waals surface area (Å²) >= 11 is 3.56. The smallest absolute Gasteiger partial charge is 0.123 e. The van der Waals surface area contributed by atoms with Gasteiger partial charge >= 0.3 is 0 Å². The molecule has 1 saturated heterocycles. The number of nitrogens with one attached hydrogen (secondary N) is 1. The number of hydrogen-bond donors (Lipinski definition) is 1. The summed E-state index contributed by atoms with van der Waals surface area (Å²) in [5.74, 6) is 1.97. The fourth-order valence-electron chi connectivity index (χ4n) is 3.06. The number of halogens is 1. The average Bonchev–Trinajstić information content (AvgIpc) is 3.31. The van der Waals surface area contributed by atoms with Gasteiger partial charge in [-0.25, -0.2) is 0 Å². The summed E-state index contributed by atoms with van der Waals surface area (Å²) in [6.45, 7) is 4.58. The van der Waals surface area contributed by atoms with E-state index in [1.165, 1.54) is 50.9 Å². The van der Waals surface area contributed by atoms with Gasteiger partial charge in [0.2, 0.25) is 0 Å². The van der Waals surface area contributed by atoms with Crippen LogP contribution in [0, 0.1) is 5.92 Å². The van der Waals surface area contributed by atoms with Crippen molar-refractivity contribution in [2.75, 3.05) is 26.7 Å². The molecule has 116 valence electrons. The molecule has 0 atom stereocenters. The van der Waals surface area contributed by atoms with Crippen molar-refractivity contribution in [3.05, 3.63) is 28.2 Å². The minimum Gasteiger partial charge on any atom is -0.496 e. The molecule has 4 heteroatoms. The van der Waals surface area contributed by atoms with Crippen LogP contribution in [0.15, 0.2) is 22.7 Å². The van der Waals surface area contributed by atoms with Crippen molar-refractivity contribution >= 4 is 15.9 Å². The molecule has 1 aromatic carbocycles. The van der Waals surface area contributed by atoms with E-state index in [9.17, 15) is 0 Å². The maximum absolute atomic E-state index is 5.47. The molecule has 3 nitrogen and oxygen atoms in total. The van der Waals surface area contributed by atoms with Crippen LogP contribution >= 0.6 is 15.9 Å². The molecule has 2 aliphatic rings. The second kappa shape index (κ2) is 7.12. The number of likely N-dealkylation sites (tertiary alicyclic amines) is 1. The highest BCUT2D eigenvalue weighted by Gasteiger charge is 2.24. The first-order chi connectivity index (χ1) is 10.2. The van der Waals surface area contributed by atoms with Crippen molar-refractivity contribution in [1.29, 1.82) is 0 Å². The van der Waals surface area contributed by atoms with Crippen LogP contribution in [0.25, 0.3) is 0 Å². The Morgan fingerprint density at radius 3 is 2.67 bits per heavy atom. The van der Waals surface area contributed by atoms with Crippen molar-refractivity contribution in [3.8, 4) is 5.75 Å². The van der Waals surface area contributed by atoms with Gasteiger partial charge in [0.15, 0.2) is 0 Å². The largest absolute Gasteiger partial charge is 0.496 e. The molecule has 0 aromatic heterocycles. The van der Waals surface area contributed by atoms with Crippen LogP contribution < -0.4 is 10.1 Å². The van der Waals surface area contributed by atoms with Crippen LogP contribution in [-0.4, -0.2) is 37.7 Å².